The number of halogens is 2. The van der Waals surface area contributed by atoms with E-state index in [4.69, 9.17) is 32.5 Å². The Morgan fingerprint density at radius 3 is 2.80 bits per heavy atom. The minimum absolute atomic E-state index is 0.118. The summed E-state index contributed by atoms with van der Waals surface area (Å²) in [5, 5.41) is 7.49. The number of aromatic nitrogens is 2. The van der Waals surface area contributed by atoms with E-state index in [0.717, 1.165) is 0 Å². The Hall–Kier alpha value is -2.57. The highest BCUT2D eigenvalue weighted by Crippen LogP contribution is 2.21. The molecular weight excluding hydrogens is 365 g/mol. The van der Waals surface area contributed by atoms with Gasteiger partial charge in [-0.25, -0.2) is 4.98 Å². The monoisotopic (exact) mass is 377 g/mol. The molecule has 0 aliphatic rings. The van der Waals surface area contributed by atoms with E-state index in [9.17, 15) is 4.79 Å². The fourth-order valence-corrected chi connectivity index (χ4v) is 2.37. The second kappa shape index (κ2) is 7.55. The molecule has 0 radical (unpaired) electrons. The molecule has 128 valence electrons. The Labute approximate surface area is 153 Å². The van der Waals surface area contributed by atoms with Gasteiger partial charge >= 0.3 is 0 Å². The lowest BCUT2D eigenvalue weighted by molar-refractivity contribution is 0.101. The van der Waals surface area contributed by atoms with Crippen LogP contribution in [0.4, 0.5) is 5.82 Å². The minimum Gasteiger partial charge on any atom is -0.489 e. The van der Waals surface area contributed by atoms with Gasteiger partial charge in [0, 0.05) is 11.2 Å². The first-order chi connectivity index (χ1) is 12.0. The summed E-state index contributed by atoms with van der Waals surface area (Å²) in [6, 6.07) is 10.2. The maximum Gasteiger partial charge on any atom is 0.279 e. The Bertz CT molecular complexity index is 894. The first-order valence-electron chi connectivity index (χ1n) is 7.29. The molecule has 2 heterocycles. The van der Waals surface area contributed by atoms with Gasteiger partial charge < -0.3 is 14.6 Å². The maximum atomic E-state index is 12.4. The number of hydrogen-bond donors (Lipinski definition) is 1. The van der Waals surface area contributed by atoms with Crippen LogP contribution in [-0.4, -0.2) is 16.0 Å². The molecule has 3 rings (SSSR count). The largest absolute Gasteiger partial charge is 0.489 e. The summed E-state index contributed by atoms with van der Waals surface area (Å²) in [7, 11) is 0. The molecule has 0 unspecified atom stereocenters. The van der Waals surface area contributed by atoms with Crippen molar-refractivity contribution in [2.75, 3.05) is 5.32 Å². The van der Waals surface area contributed by atoms with Crippen molar-refractivity contribution in [1.82, 2.24) is 10.1 Å². The maximum absolute atomic E-state index is 12.4. The van der Waals surface area contributed by atoms with E-state index < -0.39 is 5.91 Å². The Morgan fingerprint density at radius 2 is 2.08 bits per heavy atom. The molecule has 3 aromatic rings. The number of rotatable bonds is 5. The second-order valence-corrected chi connectivity index (χ2v) is 6.00. The number of carbonyl (C=O) groups excluding carboxylic acids is 1. The zero-order chi connectivity index (χ0) is 17.8. The third kappa shape index (κ3) is 4.29. The fourth-order valence-electron chi connectivity index (χ4n) is 2.08. The van der Waals surface area contributed by atoms with Gasteiger partial charge in [-0.1, -0.05) is 34.4 Å². The summed E-state index contributed by atoms with van der Waals surface area (Å²) in [5.41, 5.74) is 0.683. The molecule has 2 aromatic heterocycles. The van der Waals surface area contributed by atoms with Crippen LogP contribution in [0, 0.1) is 6.92 Å². The highest BCUT2D eigenvalue weighted by atomic mass is 35.5. The van der Waals surface area contributed by atoms with Crippen LogP contribution in [0.5, 0.6) is 5.75 Å². The molecule has 1 amide bonds. The van der Waals surface area contributed by atoms with Crippen LogP contribution < -0.4 is 10.1 Å². The number of carbonyl (C=O) groups is 1. The van der Waals surface area contributed by atoms with Crippen LogP contribution in [0.15, 0.2) is 47.1 Å². The van der Waals surface area contributed by atoms with E-state index in [1.165, 1.54) is 6.20 Å². The average Bonchev–Trinajstić information content (AvgIpc) is 2.96. The molecule has 1 aromatic carbocycles. The first-order valence-corrected chi connectivity index (χ1v) is 8.05. The van der Waals surface area contributed by atoms with E-state index in [1.54, 1.807) is 43.3 Å². The molecule has 0 fully saturated rings. The van der Waals surface area contributed by atoms with Crippen molar-refractivity contribution < 1.29 is 14.1 Å². The van der Waals surface area contributed by atoms with Gasteiger partial charge in [-0.15, -0.1) is 0 Å². The van der Waals surface area contributed by atoms with Crippen molar-refractivity contribution in [1.29, 1.82) is 0 Å². The van der Waals surface area contributed by atoms with Crippen LogP contribution in [-0.2, 0) is 6.61 Å². The van der Waals surface area contributed by atoms with Crippen LogP contribution in [0.1, 0.15) is 21.8 Å². The predicted octanol–water partition coefficient (Wildman–Crippen LogP) is 4.52. The quantitative estimate of drug-likeness (QED) is 0.707. The van der Waals surface area contributed by atoms with Gasteiger partial charge in [0.1, 0.15) is 23.9 Å². The molecule has 8 heteroatoms. The highest BCUT2D eigenvalue weighted by Gasteiger charge is 2.21. The standard InChI is InChI=1S/C17H13Cl2N3O3/c1-10-14(9-24-13-4-2-3-11(18)7-13)16(22-25-10)17(23)21-15-6-5-12(19)8-20-15/h2-8H,9H2,1H3,(H,20,21,23). The number of benzene rings is 1. The summed E-state index contributed by atoms with van der Waals surface area (Å²) in [5.74, 6) is 0.989. The lowest BCUT2D eigenvalue weighted by atomic mass is 10.2. The lowest BCUT2D eigenvalue weighted by Gasteiger charge is -2.07. The van der Waals surface area contributed by atoms with Crippen LogP contribution >= 0.6 is 23.2 Å². The van der Waals surface area contributed by atoms with Crippen molar-refractivity contribution in [3.05, 3.63) is 69.7 Å². The van der Waals surface area contributed by atoms with Crippen LogP contribution in [0.3, 0.4) is 0 Å². The first kappa shape index (κ1) is 17.3. The fraction of sp³-hybridized carbons (Fsp3) is 0.118. The topological polar surface area (TPSA) is 77.3 Å². The third-order valence-electron chi connectivity index (χ3n) is 3.35. The van der Waals surface area contributed by atoms with Gasteiger partial charge in [-0.3, -0.25) is 4.79 Å². The highest BCUT2D eigenvalue weighted by molar-refractivity contribution is 6.30. The molecular formula is C17H13Cl2N3O3. The number of pyridine rings is 1. The summed E-state index contributed by atoms with van der Waals surface area (Å²) in [4.78, 5) is 16.4. The summed E-state index contributed by atoms with van der Waals surface area (Å²) in [6.45, 7) is 1.83. The smallest absolute Gasteiger partial charge is 0.279 e. The third-order valence-corrected chi connectivity index (χ3v) is 3.81. The van der Waals surface area contributed by atoms with Crippen LogP contribution in [0.25, 0.3) is 0 Å². The Kier molecular flexibility index (Phi) is 5.21. The summed E-state index contributed by atoms with van der Waals surface area (Å²) in [6.07, 6.45) is 1.44. The predicted molar refractivity (Wildman–Crippen MR) is 94.2 cm³/mol. The summed E-state index contributed by atoms with van der Waals surface area (Å²) < 4.78 is 10.8. The number of hydrogen-bond acceptors (Lipinski definition) is 5. The molecule has 6 nitrogen and oxygen atoms in total. The average molecular weight is 378 g/mol. The molecule has 0 saturated carbocycles. The number of amides is 1. The van der Waals surface area contributed by atoms with Gasteiger partial charge in [0.2, 0.25) is 0 Å². The normalized spacial score (nSPS) is 10.5. The molecule has 0 aliphatic carbocycles. The number of anilines is 1. The lowest BCUT2D eigenvalue weighted by Crippen LogP contribution is -2.16. The number of ether oxygens (including phenoxy) is 1. The number of nitrogens with one attached hydrogen (secondary N) is 1. The molecule has 0 aliphatic heterocycles. The summed E-state index contributed by atoms with van der Waals surface area (Å²) >= 11 is 11.7. The molecule has 25 heavy (non-hydrogen) atoms. The number of aryl methyl sites for hydroxylation is 1. The zero-order valence-electron chi connectivity index (χ0n) is 13.1. The molecule has 0 saturated heterocycles. The van der Waals surface area contributed by atoms with Crippen molar-refractivity contribution in [2.45, 2.75) is 13.5 Å². The second-order valence-electron chi connectivity index (χ2n) is 5.13. The van der Waals surface area contributed by atoms with Crippen molar-refractivity contribution >= 4 is 34.9 Å². The van der Waals surface area contributed by atoms with E-state index in [-0.39, 0.29) is 12.3 Å². The Morgan fingerprint density at radius 1 is 1.24 bits per heavy atom. The van der Waals surface area contributed by atoms with Gasteiger partial charge in [-0.05, 0) is 37.3 Å². The van der Waals surface area contributed by atoms with E-state index in [1.807, 2.05) is 0 Å². The van der Waals surface area contributed by atoms with Gasteiger partial charge in [0.05, 0.1) is 10.6 Å². The van der Waals surface area contributed by atoms with Crippen LogP contribution in [0.2, 0.25) is 10.0 Å². The van der Waals surface area contributed by atoms with Crippen molar-refractivity contribution in [3.63, 3.8) is 0 Å². The number of nitrogens with zero attached hydrogens (tertiary/aromatic N) is 2. The van der Waals surface area contributed by atoms with Gasteiger partial charge in [0.15, 0.2) is 5.69 Å². The molecule has 0 spiro atoms. The molecule has 1 N–H and O–H groups in total. The van der Waals surface area contributed by atoms with Crippen molar-refractivity contribution in [3.8, 4) is 5.75 Å². The van der Waals surface area contributed by atoms with E-state index in [2.05, 4.69) is 15.5 Å². The molecule has 0 atom stereocenters. The van der Waals surface area contributed by atoms with E-state index in [0.29, 0.717) is 32.9 Å². The Balaban J connectivity index is 1.74. The zero-order valence-corrected chi connectivity index (χ0v) is 14.6. The van der Waals surface area contributed by atoms with Crippen molar-refractivity contribution in [2.24, 2.45) is 0 Å². The molecule has 0 bridgehead atoms. The minimum atomic E-state index is -0.448. The van der Waals surface area contributed by atoms with Gasteiger partial charge in [0.25, 0.3) is 5.91 Å². The van der Waals surface area contributed by atoms with E-state index >= 15 is 0 Å². The van der Waals surface area contributed by atoms with Gasteiger partial charge in [-0.2, -0.15) is 0 Å². The SMILES string of the molecule is Cc1onc(C(=O)Nc2ccc(Cl)cn2)c1COc1cccc(Cl)c1.